The van der Waals surface area contributed by atoms with E-state index < -0.39 is 0 Å². The first-order chi connectivity index (χ1) is 10.6. The summed E-state index contributed by atoms with van der Waals surface area (Å²) in [5.41, 5.74) is 2.17. The maximum atomic E-state index is 12.8. The number of carbonyl (C=O) groups is 2. The first-order valence-electron chi connectivity index (χ1n) is 7.49. The molecule has 1 N–H and O–H groups in total. The van der Waals surface area contributed by atoms with Crippen molar-refractivity contribution in [1.82, 2.24) is 15.2 Å². The monoisotopic (exact) mass is 299 g/mol. The molecule has 0 saturated carbocycles. The number of hydrogen-bond acceptors (Lipinski definition) is 3. The highest BCUT2D eigenvalue weighted by atomic mass is 16.2. The van der Waals surface area contributed by atoms with Crippen molar-refractivity contribution >= 4 is 22.7 Å². The third kappa shape index (κ3) is 3.42. The van der Waals surface area contributed by atoms with Gasteiger partial charge in [0, 0.05) is 24.2 Å². The number of hydrogen-bond donors (Lipinski definition) is 1. The standard InChI is InChI=1S/C17H21N3O2/c1-4-18-16(21)11-20(5-2)17(22)14-10-12(3)19-15-9-7-6-8-13(14)15/h6-10H,4-5,11H2,1-3H3,(H,18,21). The molecule has 0 fully saturated rings. The van der Waals surface area contributed by atoms with E-state index in [4.69, 9.17) is 0 Å². The highest BCUT2D eigenvalue weighted by Crippen LogP contribution is 2.19. The number of nitrogens with zero attached hydrogens (tertiary/aromatic N) is 2. The van der Waals surface area contributed by atoms with Crippen LogP contribution in [0.2, 0.25) is 0 Å². The van der Waals surface area contributed by atoms with Crippen molar-refractivity contribution in [2.24, 2.45) is 0 Å². The molecule has 0 aliphatic rings. The van der Waals surface area contributed by atoms with E-state index in [2.05, 4.69) is 10.3 Å². The van der Waals surface area contributed by atoms with Crippen molar-refractivity contribution in [2.75, 3.05) is 19.6 Å². The Hall–Kier alpha value is -2.43. The van der Waals surface area contributed by atoms with Gasteiger partial charge in [0.25, 0.3) is 5.91 Å². The molecule has 1 aromatic carbocycles. The number of fused-ring (bicyclic) bond motifs is 1. The van der Waals surface area contributed by atoms with Gasteiger partial charge in [-0.1, -0.05) is 18.2 Å². The summed E-state index contributed by atoms with van der Waals surface area (Å²) >= 11 is 0. The fraction of sp³-hybridized carbons (Fsp3) is 0.353. The zero-order valence-electron chi connectivity index (χ0n) is 13.2. The fourth-order valence-corrected chi connectivity index (χ4v) is 2.41. The molecule has 1 heterocycles. The molecule has 2 amide bonds. The molecule has 22 heavy (non-hydrogen) atoms. The number of aryl methyl sites for hydroxylation is 1. The van der Waals surface area contributed by atoms with E-state index in [1.165, 1.54) is 0 Å². The molecule has 116 valence electrons. The van der Waals surface area contributed by atoms with Gasteiger partial charge in [0.2, 0.25) is 5.91 Å². The summed E-state index contributed by atoms with van der Waals surface area (Å²) in [6.45, 7) is 6.69. The number of rotatable bonds is 5. The predicted molar refractivity (Wildman–Crippen MR) is 86.7 cm³/mol. The van der Waals surface area contributed by atoms with Gasteiger partial charge < -0.3 is 10.2 Å². The number of pyridine rings is 1. The van der Waals surface area contributed by atoms with E-state index in [1.54, 1.807) is 11.0 Å². The Morgan fingerprint density at radius 3 is 2.64 bits per heavy atom. The molecular formula is C17H21N3O2. The van der Waals surface area contributed by atoms with Gasteiger partial charge in [0.1, 0.15) is 0 Å². The van der Waals surface area contributed by atoms with Crippen LogP contribution in [0.5, 0.6) is 0 Å². The maximum Gasteiger partial charge on any atom is 0.255 e. The molecule has 0 bridgehead atoms. The predicted octanol–water partition coefficient (Wildman–Crippen LogP) is 2.14. The third-order valence-electron chi connectivity index (χ3n) is 3.45. The first-order valence-corrected chi connectivity index (χ1v) is 7.49. The molecule has 5 nitrogen and oxygen atoms in total. The Kier molecular flexibility index (Phi) is 5.09. The Labute approximate surface area is 130 Å². The average molecular weight is 299 g/mol. The van der Waals surface area contributed by atoms with Crippen LogP contribution in [0, 0.1) is 6.92 Å². The molecule has 0 aliphatic heterocycles. The van der Waals surface area contributed by atoms with Gasteiger partial charge in [0.15, 0.2) is 0 Å². The molecule has 2 rings (SSSR count). The normalized spacial score (nSPS) is 10.5. The first kappa shape index (κ1) is 15.9. The van der Waals surface area contributed by atoms with Crippen LogP contribution in [0.15, 0.2) is 30.3 Å². The lowest BCUT2D eigenvalue weighted by Crippen LogP contribution is -2.40. The third-order valence-corrected chi connectivity index (χ3v) is 3.45. The molecule has 0 radical (unpaired) electrons. The molecular weight excluding hydrogens is 278 g/mol. The molecule has 0 spiro atoms. The highest BCUT2D eigenvalue weighted by molar-refractivity contribution is 6.07. The van der Waals surface area contributed by atoms with Crippen molar-refractivity contribution in [3.8, 4) is 0 Å². The van der Waals surface area contributed by atoms with Crippen LogP contribution in [0.25, 0.3) is 10.9 Å². The quantitative estimate of drug-likeness (QED) is 0.920. The second kappa shape index (κ2) is 7.02. The number of para-hydroxylation sites is 1. The molecule has 5 heteroatoms. The average Bonchev–Trinajstić information content (AvgIpc) is 2.51. The minimum absolute atomic E-state index is 0.0683. The molecule has 0 atom stereocenters. The lowest BCUT2D eigenvalue weighted by Gasteiger charge is -2.21. The number of benzene rings is 1. The van der Waals surface area contributed by atoms with Crippen molar-refractivity contribution in [3.63, 3.8) is 0 Å². The van der Waals surface area contributed by atoms with Gasteiger partial charge in [-0.2, -0.15) is 0 Å². The van der Waals surface area contributed by atoms with E-state index in [0.29, 0.717) is 18.7 Å². The second-order valence-corrected chi connectivity index (χ2v) is 5.10. The SMILES string of the molecule is CCNC(=O)CN(CC)C(=O)c1cc(C)nc2ccccc12. The van der Waals surface area contributed by atoms with Crippen LogP contribution in [0.4, 0.5) is 0 Å². The Morgan fingerprint density at radius 1 is 1.23 bits per heavy atom. The van der Waals surface area contributed by atoms with E-state index in [0.717, 1.165) is 16.6 Å². The van der Waals surface area contributed by atoms with Crippen molar-refractivity contribution < 1.29 is 9.59 Å². The zero-order chi connectivity index (χ0) is 16.1. The van der Waals surface area contributed by atoms with E-state index in [9.17, 15) is 9.59 Å². The zero-order valence-corrected chi connectivity index (χ0v) is 13.2. The second-order valence-electron chi connectivity index (χ2n) is 5.10. The summed E-state index contributed by atoms with van der Waals surface area (Å²) in [7, 11) is 0. The topological polar surface area (TPSA) is 62.3 Å². The maximum absolute atomic E-state index is 12.8. The summed E-state index contributed by atoms with van der Waals surface area (Å²) < 4.78 is 0. The van der Waals surface area contributed by atoms with Crippen LogP contribution >= 0.6 is 0 Å². The van der Waals surface area contributed by atoms with E-state index in [-0.39, 0.29) is 18.4 Å². The van der Waals surface area contributed by atoms with E-state index >= 15 is 0 Å². The number of carbonyl (C=O) groups excluding carboxylic acids is 2. The number of amides is 2. The summed E-state index contributed by atoms with van der Waals surface area (Å²) in [5.74, 6) is -0.289. The van der Waals surface area contributed by atoms with Gasteiger partial charge in [-0.05, 0) is 32.9 Å². The van der Waals surface area contributed by atoms with Crippen LogP contribution in [0.1, 0.15) is 29.9 Å². The van der Waals surface area contributed by atoms with Crippen molar-refractivity contribution in [3.05, 3.63) is 41.6 Å². The van der Waals surface area contributed by atoms with Gasteiger partial charge in [-0.25, -0.2) is 0 Å². The molecule has 1 aromatic heterocycles. The molecule has 0 unspecified atom stereocenters. The van der Waals surface area contributed by atoms with Crippen molar-refractivity contribution in [1.29, 1.82) is 0 Å². The largest absolute Gasteiger partial charge is 0.355 e. The van der Waals surface area contributed by atoms with Gasteiger partial charge >= 0.3 is 0 Å². The summed E-state index contributed by atoms with van der Waals surface area (Å²) in [5, 5.41) is 3.53. The smallest absolute Gasteiger partial charge is 0.255 e. The fourth-order valence-electron chi connectivity index (χ4n) is 2.41. The summed E-state index contributed by atoms with van der Waals surface area (Å²) in [6.07, 6.45) is 0. The van der Waals surface area contributed by atoms with E-state index in [1.807, 2.05) is 45.0 Å². The number of aromatic nitrogens is 1. The van der Waals surface area contributed by atoms with Gasteiger partial charge in [-0.15, -0.1) is 0 Å². The van der Waals surface area contributed by atoms with Crippen LogP contribution in [-0.2, 0) is 4.79 Å². The Balaban J connectivity index is 2.37. The lowest BCUT2D eigenvalue weighted by molar-refractivity contribution is -0.121. The minimum Gasteiger partial charge on any atom is -0.355 e. The van der Waals surface area contributed by atoms with Gasteiger partial charge in [-0.3, -0.25) is 14.6 Å². The molecule has 0 aliphatic carbocycles. The summed E-state index contributed by atoms with van der Waals surface area (Å²) in [4.78, 5) is 30.6. The Morgan fingerprint density at radius 2 is 1.95 bits per heavy atom. The highest BCUT2D eigenvalue weighted by Gasteiger charge is 2.19. The van der Waals surface area contributed by atoms with Crippen LogP contribution in [0.3, 0.4) is 0 Å². The van der Waals surface area contributed by atoms with Crippen LogP contribution in [-0.4, -0.2) is 41.3 Å². The van der Waals surface area contributed by atoms with Gasteiger partial charge in [0.05, 0.1) is 17.6 Å². The van der Waals surface area contributed by atoms with Crippen LogP contribution < -0.4 is 5.32 Å². The molecule has 0 saturated heterocycles. The minimum atomic E-state index is -0.146. The Bertz CT molecular complexity index is 697. The number of nitrogens with one attached hydrogen (secondary N) is 1. The lowest BCUT2D eigenvalue weighted by atomic mass is 10.1. The summed E-state index contributed by atoms with van der Waals surface area (Å²) in [6, 6.07) is 9.34. The molecule has 2 aromatic rings. The number of likely N-dealkylation sites (N-methyl/N-ethyl adjacent to an activating group) is 2. The van der Waals surface area contributed by atoms with Crippen molar-refractivity contribution in [2.45, 2.75) is 20.8 Å².